The smallest absolute Gasteiger partial charge is 0.226 e. The van der Waals surface area contributed by atoms with Crippen LogP contribution in [0.3, 0.4) is 0 Å². The van der Waals surface area contributed by atoms with Gasteiger partial charge in [-0.15, -0.1) is 0 Å². The number of carbonyl (C=O) groups excluding carboxylic acids is 1. The second kappa shape index (κ2) is 7.23. The van der Waals surface area contributed by atoms with Gasteiger partial charge in [-0.1, -0.05) is 18.5 Å². The van der Waals surface area contributed by atoms with Crippen LogP contribution < -0.4 is 5.32 Å². The largest absolute Gasteiger partial charge is 0.506 e. The molecule has 0 aliphatic heterocycles. The third-order valence-corrected chi connectivity index (χ3v) is 5.68. The Morgan fingerprint density at radius 1 is 1.42 bits per heavy atom. The first kappa shape index (κ1) is 18.3. The fourth-order valence-corrected chi connectivity index (χ4v) is 3.09. The molecule has 0 radical (unpaired) electrons. The Morgan fingerprint density at radius 3 is 2.71 bits per heavy atom. The zero-order chi connectivity index (χ0) is 17.9. The Kier molecular flexibility index (Phi) is 5.51. The van der Waals surface area contributed by atoms with Gasteiger partial charge in [0, 0.05) is 6.42 Å². The van der Waals surface area contributed by atoms with Gasteiger partial charge in [0.15, 0.2) is 9.84 Å². The molecule has 0 spiro atoms. The summed E-state index contributed by atoms with van der Waals surface area (Å²) < 4.78 is 25.4. The van der Waals surface area contributed by atoms with Crippen molar-refractivity contribution in [2.45, 2.75) is 31.7 Å². The molecular formula is C15H18ClN3O4S. The second-order valence-electron chi connectivity index (χ2n) is 5.18. The zero-order valence-electron chi connectivity index (χ0n) is 13.3. The van der Waals surface area contributed by atoms with E-state index in [0.29, 0.717) is 11.6 Å². The maximum Gasteiger partial charge on any atom is 0.226 e. The summed E-state index contributed by atoms with van der Waals surface area (Å²) in [4.78, 5) is 12.1. The van der Waals surface area contributed by atoms with Crippen molar-refractivity contribution in [1.29, 1.82) is 0 Å². The van der Waals surface area contributed by atoms with E-state index in [2.05, 4.69) is 10.4 Å². The number of hydrogen-bond acceptors (Lipinski definition) is 5. The Morgan fingerprint density at radius 2 is 2.12 bits per heavy atom. The summed E-state index contributed by atoms with van der Waals surface area (Å²) in [5, 5.41) is 16.9. The number of aromatic nitrogens is 2. The van der Waals surface area contributed by atoms with Crippen LogP contribution in [0.2, 0.25) is 5.02 Å². The van der Waals surface area contributed by atoms with Crippen molar-refractivity contribution >= 4 is 33.0 Å². The molecule has 7 nitrogen and oxygen atoms in total. The van der Waals surface area contributed by atoms with E-state index in [0.717, 1.165) is 5.69 Å². The molecule has 2 N–H and O–H groups in total. The van der Waals surface area contributed by atoms with E-state index in [1.807, 2.05) is 0 Å². The molecule has 1 aromatic heterocycles. The number of amides is 1. The average Bonchev–Trinajstić information content (AvgIpc) is 2.86. The number of nitrogens with one attached hydrogen (secondary N) is 1. The summed E-state index contributed by atoms with van der Waals surface area (Å²) in [5.41, 5.74) is 0.813. The van der Waals surface area contributed by atoms with Crippen molar-refractivity contribution in [3.63, 3.8) is 0 Å². The van der Waals surface area contributed by atoms with Gasteiger partial charge in [0.05, 0.1) is 39.8 Å². The molecule has 1 amide bonds. The van der Waals surface area contributed by atoms with Gasteiger partial charge in [0.2, 0.25) is 5.91 Å². The van der Waals surface area contributed by atoms with Crippen molar-refractivity contribution < 1.29 is 18.3 Å². The lowest BCUT2D eigenvalue weighted by atomic mass is 10.2. The molecule has 0 bridgehead atoms. The maximum absolute atomic E-state index is 12.0. The molecular weight excluding hydrogens is 354 g/mol. The topological polar surface area (TPSA) is 101 Å². The van der Waals surface area contributed by atoms with Gasteiger partial charge in [-0.2, -0.15) is 5.10 Å². The van der Waals surface area contributed by atoms with E-state index >= 15 is 0 Å². The molecule has 1 heterocycles. The molecule has 9 heteroatoms. The van der Waals surface area contributed by atoms with Gasteiger partial charge < -0.3 is 10.4 Å². The van der Waals surface area contributed by atoms with E-state index in [1.54, 1.807) is 11.6 Å². The summed E-state index contributed by atoms with van der Waals surface area (Å²) in [7, 11) is -3.42. The number of aryl methyl sites for hydroxylation is 1. The number of sulfone groups is 1. The molecule has 2 rings (SSSR count). The quantitative estimate of drug-likeness (QED) is 0.759. The molecule has 0 aliphatic rings. The van der Waals surface area contributed by atoms with Crippen molar-refractivity contribution in [3.05, 3.63) is 35.1 Å². The number of aromatic hydroxyl groups is 1. The Bertz CT molecular complexity index is 862. The van der Waals surface area contributed by atoms with Crippen LogP contribution >= 0.6 is 11.6 Å². The van der Waals surface area contributed by atoms with Gasteiger partial charge in [0.25, 0.3) is 0 Å². The lowest BCUT2D eigenvalue weighted by Crippen LogP contribution is -2.16. The van der Waals surface area contributed by atoms with Crippen molar-refractivity contribution in [2.24, 2.45) is 0 Å². The molecule has 0 aliphatic carbocycles. The normalized spacial score (nSPS) is 11.5. The number of nitrogens with zero attached hydrogens (tertiary/aromatic N) is 2. The number of rotatable bonds is 6. The minimum atomic E-state index is -3.42. The number of carbonyl (C=O) groups is 1. The molecule has 130 valence electrons. The average molecular weight is 372 g/mol. The number of halogens is 1. The van der Waals surface area contributed by atoms with E-state index in [-0.39, 0.29) is 34.4 Å². The Balaban J connectivity index is 2.08. The highest BCUT2D eigenvalue weighted by atomic mass is 35.5. The van der Waals surface area contributed by atoms with Gasteiger partial charge in [-0.25, -0.2) is 8.42 Å². The van der Waals surface area contributed by atoms with Gasteiger partial charge >= 0.3 is 0 Å². The van der Waals surface area contributed by atoms with Crippen LogP contribution in [0.4, 0.5) is 5.69 Å². The minimum absolute atomic E-state index is 0.0489. The number of phenolic OH excluding ortho intramolecular Hbond substituents is 1. The van der Waals surface area contributed by atoms with E-state index in [9.17, 15) is 18.3 Å². The minimum Gasteiger partial charge on any atom is -0.506 e. The molecule has 0 atom stereocenters. The third-order valence-electron chi connectivity index (χ3n) is 3.58. The van der Waals surface area contributed by atoms with Crippen molar-refractivity contribution in [3.8, 4) is 5.75 Å². The number of anilines is 1. The number of hydrogen-bond donors (Lipinski definition) is 2. The fourth-order valence-electron chi connectivity index (χ4n) is 2.04. The van der Waals surface area contributed by atoms with Crippen LogP contribution in [0.25, 0.3) is 0 Å². The first-order chi connectivity index (χ1) is 11.2. The maximum atomic E-state index is 12.0. The Hall–Kier alpha value is -2.06. The molecule has 24 heavy (non-hydrogen) atoms. The van der Waals surface area contributed by atoms with E-state index in [1.165, 1.54) is 31.3 Å². The van der Waals surface area contributed by atoms with Gasteiger partial charge in [-0.3, -0.25) is 9.48 Å². The predicted molar refractivity (Wildman–Crippen MR) is 91.1 cm³/mol. The predicted octanol–water partition coefficient (Wildman–Crippen LogP) is 2.37. The lowest BCUT2D eigenvalue weighted by Gasteiger charge is -2.10. The molecule has 2 aromatic rings. The van der Waals surface area contributed by atoms with Gasteiger partial charge in [-0.05, 0) is 25.1 Å². The van der Waals surface area contributed by atoms with Crippen LogP contribution in [-0.2, 0) is 21.2 Å². The molecule has 0 saturated heterocycles. The summed E-state index contributed by atoms with van der Waals surface area (Å²) in [6.07, 6.45) is 1.60. The summed E-state index contributed by atoms with van der Waals surface area (Å²) in [6.45, 7) is 3.63. The monoisotopic (exact) mass is 371 g/mol. The standard InChI is InChI=1S/C15H18ClN3O4S/c1-3-24(22,23)11-4-5-14(20)13(8-11)18-15(21)6-7-19-10(2)12(16)9-17-19/h4-5,8-9,20H,3,6-7H2,1-2H3,(H,18,21). The van der Waals surface area contributed by atoms with Crippen LogP contribution in [0.15, 0.2) is 29.3 Å². The Labute approximate surface area is 145 Å². The first-order valence-corrected chi connectivity index (χ1v) is 9.31. The number of phenols is 1. The summed E-state index contributed by atoms with van der Waals surface area (Å²) >= 11 is 5.90. The molecule has 0 unspecified atom stereocenters. The second-order valence-corrected chi connectivity index (χ2v) is 7.87. The molecule has 1 aromatic carbocycles. The van der Waals surface area contributed by atoms with Crippen LogP contribution in [0.1, 0.15) is 19.0 Å². The van der Waals surface area contributed by atoms with Gasteiger partial charge in [0.1, 0.15) is 5.75 Å². The SMILES string of the molecule is CCS(=O)(=O)c1ccc(O)c(NC(=O)CCn2ncc(Cl)c2C)c1. The highest BCUT2D eigenvalue weighted by molar-refractivity contribution is 7.91. The van der Waals surface area contributed by atoms with Crippen molar-refractivity contribution in [1.82, 2.24) is 9.78 Å². The van der Waals surface area contributed by atoms with Crippen LogP contribution in [-0.4, -0.2) is 35.0 Å². The van der Waals surface area contributed by atoms with E-state index in [4.69, 9.17) is 11.6 Å². The van der Waals surface area contributed by atoms with Crippen LogP contribution in [0, 0.1) is 6.92 Å². The molecule has 0 saturated carbocycles. The summed E-state index contributed by atoms with van der Waals surface area (Å²) in [5.74, 6) is -0.635. The fraction of sp³-hybridized carbons (Fsp3) is 0.333. The number of benzene rings is 1. The lowest BCUT2D eigenvalue weighted by molar-refractivity contribution is -0.116. The van der Waals surface area contributed by atoms with Crippen LogP contribution in [0.5, 0.6) is 5.75 Å². The molecule has 0 fully saturated rings. The zero-order valence-corrected chi connectivity index (χ0v) is 14.9. The van der Waals surface area contributed by atoms with E-state index < -0.39 is 9.84 Å². The third kappa shape index (κ3) is 4.07. The van der Waals surface area contributed by atoms with Crippen molar-refractivity contribution in [2.75, 3.05) is 11.1 Å². The highest BCUT2D eigenvalue weighted by Gasteiger charge is 2.15. The first-order valence-electron chi connectivity index (χ1n) is 7.28. The summed E-state index contributed by atoms with van der Waals surface area (Å²) in [6, 6.07) is 3.80. The highest BCUT2D eigenvalue weighted by Crippen LogP contribution is 2.27.